The second-order valence-corrected chi connectivity index (χ2v) is 14.6. The van der Waals surface area contributed by atoms with Gasteiger partial charge < -0.3 is 15.7 Å². The summed E-state index contributed by atoms with van der Waals surface area (Å²) in [6.45, 7) is 17.4. The summed E-state index contributed by atoms with van der Waals surface area (Å²) < 4.78 is 0. The minimum absolute atomic E-state index is 0.000995. The lowest BCUT2D eigenvalue weighted by Crippen LogP contribution is -2.50. The number of amides is 1. The van der Waals surface area contributed by atoms with E-state index < -0.39 is 0 Å². The molecule has 0 aliphatic heterocycles. The predicted molar refractivity (Wildman–Crippen MR) is 158 cm³/mol. The maximum Gasteiger partial charge on any atom is 0.220 e. The Labute approximate surface area is 234 Å². The molecule has 0 radical (unpaired) electrons. The molecule has 10 atom stereocenters. The quantitative estimate of drug-likeness (QED) is 0.263. The summed E-state index contributed by atoms with van der Waals surface area (Å²) in [5, 5.41) is 10.3. The zero-order valence-electron chi connectivity index (χ0n) is 25.7. The van der Waals surface area contributed by atoms with Crippen LogP contribution in [0.5, 0.6) is 0 Å². The average molecular weight is 529 g/mol. The van der Waals surface area contributed by atoms with Crippen LogP contribution in [-0.4, -0.2) is 41.7 Å². The molecular formula is C34H60N2O2. The fourth-order valence-electron chi connectivity index (χ4n) is 10.3. The van der Waals surface area contributed by atoms with Crippen molar-refractivity contribution < 1.29 is 9.90 Å². The summed E-state index contributed by atoms with van der Waals surface area (Å²) in [6, 6.07) is 0. The first-order valence-corrected chi connectivity index (χ1v) is 16.4. The standard InChI is InChI=1S/C34H60N2O2/c1-7-36(8-2)21-18-27(32(35)38)23(3)10-9-11-24(4)29-14-15-30-28-13-12-25-22-26(37)16-19-33(25,5)31(28)17-20-34(29,30)6/h12,23-24,26-31,37H,7-11,13-22H2,1-6H3,(H2,35,38)/t23?,24-,26+,27?,28+,29-,30+,31+,33+,34-/m1/s1. The van der Waals surface area contributed by atoms with E-state index in [4.69, 9.17) is 5.73 Å². The Morgan fingerprint density at radius 1 is 1.05 bits per heavy atom. The van der Waals surface area contributed by atoms with Crippen LogP contribution in [0.25, 0.3) is 0 Å². The van der Waals surface area contributed by atoms with Crippen LogP contribution in [-0.2, 0) is 4.79 Å². The van der Waals surface area contributed by atoms with Crippen molar-refractivity contribution in [2.75, 3.05) is 19.6 Å². The van der Waals surface area contributed by atoms with Crippen molar-refractivity contribution >= 4 is 5.91 Å². The van der Waals surface area contributed by atoms with Crippen molar-refractivity contribution in [3.8, 4) is 0 Å². The van der Waals surface area contributed by atoms with Gasteiger partial charge in [-0.25, -0.2) is 0 Å². The molecule has 3 fully saturated rings. The number of aliphatic hydroxyl groups excluding tert-OH is 1. The fourth-order valence-corrected chi connectivity index (χ4v) is 10.3. The molecule has 38 heavy (non-hydrogen) atoms. The molecule has 2 unspecified atom stereocenters. The van der Waals surface area contributed by atoms with Crippen LogP contribution in [0, 0.1) is 52.3 Å². The third-order valence-corrected chi connectivity index (χ3v) is 12.9. The maximum atomic E-state index is 12.3. The molecule has 4 aliphatic carbocycles. The number of allylic oxidation sites excluding steroid dienone is 1. The molecule has 218 valence electrons. The Balaban J connectivity index is 1.32. The van der Waals surface area contributed by atoms with Crippen molar-refractivity contribution in [3.05, 3.63) is 11.6 Å². The van der Waals surface area contributed by atoms with Gasteiger partial charge in [-0.05, 0) is 130 Å². The highest BCUT2D eigenvalue weighted by Crippen LogP contribution is 2.67. The molecule has 0 aromatic carbocycles. The van der Waals surface area contributed by atoms with E-state index in [2.05, 4.69) is 52.5 Å². The first-order valence-electron chi connectivity index (χ1n) is 16.4. The maximum absolute atomic E-state index is 12.3. The summed E-state index contributed by atoms with van der Waals surface area (Å²) >= 11 is 0. The van der Waals surface area contributed by atoms with E-state index in [0.717, 1.165) is 74.9 Å². The minimum Gasteiger partial charge on any atom is -0.393 e. The molecule has 4 aliphatic rings. The first-order chi connectivity index (χ1) is 18.0. The molecule has 1 amide bonds. The van der Waals surface area contributed by atoms with Crippen molar-refractivity contribution in [2.45, 2.75) is 125 Å². The molecular weight excluding hydrogens is 468 g/mol. The SMILES string of the molecule is CCN(CC)CCC(C(N)=O)C(C)CCC[C@@H](C)[C@H]1CC[C@H]2[C@@H]3CC=C4C[C@@H](O)CC[C@]4(C)[C@H]3CC[C@]12C. The van der Waals surface area contributed by atoms with Gasteiger partial charge >= 0.3 is 0 Å². The number of hydrogen-bond donors (Lipinski definition) is 2. The number of fused-ring (bicyclic) bond motifs is 5. The van der Waals surface area contributed by atoms with E-state index in [1.165, 1.54) is 51.4 Å². The molecule has 0 spiro atoms. The van der Waals surface area contributed by atoms with Gasteiger partial charge in [0, 0.05) is 5.92 Å². The van der Waals surface area contributed by atoms with Gasteiger partial charge in [0.1, 0.15) is 0 Å². The fraction of sp³-hybridized carbons (Fsp3) is 0.912. The largest absolute Gasteiger partial charge is 0.393 e. The number of primary amides is 1. The smallest absolute Gasteiger partial charge is 0.220 e. The number of nitrogens with two attached hydrogens (primary N) is 1. The first kappa shape index (κ1) is 30.1. The van der Waals surface area contributed by atoms with E-state index in [1.54, 1.807) is 5.57 Å². The Kier molecular flexibility index (Phi) is 9.77. The number of rotatable bonds is 12. The number of hydrogen-bond acceptors (Lipinski definition) is 3. The molecule has 4 rings (SSSR count). The van der Waals surface area contributed by atoms with Crippen LogP contribution in [0.4, 0.5) is 0 Å². The van der Waals surface area contributed by atoms with Crippen LogP contribution in [0.15, 0.2) is 11.6 Å². The molecule has 0 heterocycles. The summed E-state index contributed by atoms with van der Waals surface area (Å²) in [4.78, 5) is 14.7. The van der Waals surface area contributed by atoms with Crippen molar-refractivity contribution in [1.29, 1.82) is 0 Å². The van der Waals surface area contributed by atoms with Gasteiger partial charge in [-0.2, -0.15) is 0 Å². The van der Waals surface area contributed by atoms with Crippen LogP contribution in [0.2, 0.25) is 0 Å². The van der Waals surface area contributed by atoms with Gasteiger partial charge in [-0.1, -0.05) is 66.0 Å². The number of nitrogens with zero attached hydrogens (tertiary/aromatic N) is 1. The van der Waals surface area contributed by atoms with Crippen LogP contribution in [0.3, 0.4) is 0 Å². The third-order valence-electron chi connectivity index (χ3n) is 12.9. The van der Waals surface area contributed by atoms with E-state index in [1.807, 2.05) is 0 Å². The number of carbonyl (C=O) groups is 1. The van der Waals surface area contributed by atoms with Crippen molar-refractivity contribution in [3.63, 3.8) is 0 Å². The number of carbonyl (C=O) groups excluding carboxylic acids is 1. The van der Waals surface area contributed by atoms with E-state index >= 15 is 0 Å². The second kappa shape index (κ2) is 12.3. The molecule has 3 N–H and O–H groups in total. The van der Waals surface area contributed by atoms with Crippen LogP contribution < -0.4 is 5.73 Å². The summed E-state index contributed by atoms with van der Waals surface area (Å²) in [7, 11) is 0. The van der Waals surface area contributed by atoms with Crippen molar-refractivity contribution in [1.82, 2.24) is 4.90 Å². The zero-order chi connectivity index (χ0) is 27.7. The van der Waals surface area contributed by atoms with Crippen LogP contribution >= 0.6 is 0 Å². The summed E-state index contributed by atoms with van der Waals surface area (Å²) in [6.07, 6.45) is 16.9. The van der Waals surface area contributed by atoms with E-state index in [0.29, 0.717) is 16.7 Å². The Morgan fingerprint density at radius 2 is 1.79 bits per heavy atom. The highest BCUT2D eigenvalue weighted by Gasteiger charge is 2.59. The van der Waals surface area contributed by atoms with Crippen LogP contribution in [0.1, 0.15) is 119 Å². The number of aliphatic hydroxyl groups is 1. The molecule has 0 saturated heterocycles. The van der Waals surface area contributed by atoms with Gasteiger partial charge in [0.05, 0.1) is 6.10 Å². The summed E-state index contributed by atoms with van der Waals surface area (Å²) in [5.74, 6) is 4.40. The zero-order valence-corrected chi connectivity index (χ0v) is 25.7. The van der Waals surface area contributed by atoms with E-state index in [9.17, 15) is 9.90 Å². The van der Waals surface area contributed by atoms with Gasteiger partial charge in [-0.3, -0.25) is 4.79 Å². The van der Waals surface area contributed by atoms with Gasteiger partial charge in [0.2, 0.25) is 5.91 Å². The molecule has 3 saturated carbocycles. The molecule has 0 aromatic heterocycles. The van der Waals surface area contributed by atoms with Crippen molar-refractivity contribution in [2.24, 2.45) is 58.0 Å². The lowest BCUT2D eigenvalue weighted by atomic mass is 9.47. The van der Waals surface area contributed by atoms with Gasteiger partial charge in [0.15, 0.2) is 0 Å². The Bertz CT molecular complexity index is 836. The average Bonchev–Trinajstić information content (AvgIpc) is 3.24. The third kappa shape index (κ3) is 5.78. The summed E-state index contributed by atoms with van der Waals surface area (Å²) in [5.41, 5.74) is 8.28. The van der Waals surface area contributed by atoms with E-state index in [-0.39, 0.29) is 17.9 Å². The normalized spacial score (nSPS) is 39.1. The Hall–Kier alpha value is -0.870. The topological polar surface area (TPSA) is 66.6 Å². The Morgan fingerprint density at radius 3 is 2.47 bits per heavy atom. The lowest BCUT2D eigenvalue weighted by Gasteiger charge is -2.58. The highest BCUT2D eigenvalue weighted by molar-refractivity contribution is 5.76. The highest BCUT2D eigenvalue weighted by atomic mass is 16.3. The minimum atomic E-state index is -0.111. The molecule has 0 bridgehead atoms. The predicted octanol–water partition coefficient (Wildman–Crippen LogP) is 7.20. The van der Waals surface area contributed by atoms with Gasteiger partial charge in [-0.15, -0.1) is 0 Å². The molecule has 4 nitrogen and oxygen atoms in total. The molecule has 0 aromatic rings. The lowest BCUT2D eigenvalue weighted by molar-refractivity contribution is -0.123. The molecule has 4 heteroatoms. The second-order valence-electron chi connectivity index (χ2n) is 14.6. The monoisotopic (exact) mass is 528 g/mol. The van der Waals surface area contributed by atoms with Gasteiger partial charge in [0.25, 0.3) is 0 Å².